The lowest BCUT2D eigenvalue weighted by atomic mass is 9.78. The molecule has 0 atom stereocenters. The third-order valence-electron chi connectivity index (χ3n) is 4.32. The van der Waals surface area contributed by atoms with Crippen molar-refractivity contribution in [3.8, 4) is 5.75 Å². The third kappa shape index (κ3) is 3.62. The zero-order valence-electron chi connectivity index (χ0n) is 13.7. The molecule has 1 heteroatoms. The molecular formula is C22H22O. The van der Waals surface area contributed by atoms with Crippen LogP contribution in [-0.2, 0) is 12.0 Å². The van der Waals surface area contributed by atoms with Gasteiger partial charge in [0.05, 0.1) is 0 Å². The number of benzene rings is 3. The molecule has 1 nitrogen and oxygen atoms in total. The van der Waals surface area contributed by atoms with Crippen LogP contribution in [0.3, 0.4) is 0 Å². The van der Waals surface area contributed by atoms with Crippen LogP contribution in [0.1, 0.15) is 30.5 Å². The Morgan fingerprint density at radius 2 is 1.17 bits per heavy atom. The van der Waals surface area contributed by atoms with Crippen molar-refractivity contribution in [2.24, 2.45) is 0 Å². The minimum Gasteiger partial charge on any atom is -0.489 e. The fourth-order valence-electron chi connectivity index (χ4n) is 2.73. The maximum absolute atomic E-state index is 5.87. The van der Waals surface area contributed by atoms with E-state index in [1.807, 2.05) is 18.2 Å². The van der Waals surface area contributed by atoms with Crippen LogP contribution < -0.4 is 4.74 Å². The van der Waals surface area contributed by atoms with E-state index in [9.17, 15) is 0 Å². The highest BCUT2D eigenvalue weighted by atomic mass is 16.5. The first-order valence-corrected chi connectivity index (χ1v) is 7.99. The molecule has 23 heavy (non-hydrogen) atoms. The van der Waals surface area contributed by atoms with Crippen molar-refractivity contribution in [3.63, 3.8) is 0 Å². The first-order valence-electron chi connectivity index (χ1n) is 7.99. The minimum absolute atomic E-state index is 0.0147. The van der Waals surface area contributed by atoms with Gasteiger partial charge in [0.1, 0.15) is 12.4 Å². The van der Waals surface area contributed by atoms with E-state index in [1.54, 1.807) is 0 Å². The van der Waals surface area contributed by atoms with Gasteiger partial charge in [-0.3, -0.25) is 0 Å². The summed E-state index contributed by atoms with van der Waals surface area (Å²) in [5, 5.41) is 0. The van der Waals surface area contributed by atoms with Crippen molar-refractivity contribution in [2.45, 2.75) is 25.9 Å². The van der Waals surface area contributed by atoms with Crippen molar-refractivity contribution >= 4 is 0 Å². The van der Waals surface area contributed by atoms with Crippen molar-refractivity contribution in [1.82, 2.24) is 0 Å². The van der Waals surface area contributed by atoms with Gasteiger partial charge in [-0.25, -0.2) is 0 Å². The molecule has 0 saturated heterocycles. The SMILES string of the molecule is CC(C)(c1ccccc1)c1ccc(OCc2ccccc2)cc1. The number of rotatable bonds is 5. The molecule has 0 N–H and O–H groups in total. The van der Waals surface area contributed by atoms with E-state index in [4.69, 9.17) is 4.74 Å². The lowest BCUT2D eigenvalue weighted by molar-refractivity contribution is 0.306. The molecule has 0 spiro atoms. The molecule has 0 saturated carbocycles. The van der Waals surface area contributed by atoms with Crippen molar-refractivity contribution in [1.29, 1.82) is 0 Å². The zero-order chi connectivity index (χ0) is 16.1. The lowest BCUT2D eigenvalue weighted by Gasteiger charge is -2.26. The van der Waals surface area contributed by atoms with Gasteiger partial charge in [-0.1, -0.05) is 86.6 Å². The van der Waals surface area contributed by atoms with Crippen LogP contribution in [0.5, 0.6) is 5.75 Å². The van der Waals surface area contributed by atoms with Gasteiger partial charge in [-0.2, -0.15) is 0 Å². The fourth-order valence-corrected chi connectivity index (χ4v) is 2.73. The highest BCUT2D eigenvalue weighted by molar-refractivity contribution is 5.39. The van der Waals surface area contributed by atoms with Gasteiger partial charge >= 0.3 is 0 Å². The van der Waals surface area contributed by atoms with Crippen molar-refractivity contribution in [3.05, 3.63) is 102 Å². The molecule has 0 radical (unpaired) electrons. The first-order chi connectivity index (χ1) is 11.2. The third-order valence-corrected chi connectivity index (χ3v) is 4.32. The summed E-state index contributed by atoms with van der Waals surface area (Å²) < 4.78 is 5.87. The van der Waals surface area contributed by atoms with Crippen LogP contribution in [0.25, 0.3) is 0 Å². The summed E-state index contributed by atoms with van der Waals surface area (Å²) in [5.74, 6) is 0.904. The summed E-state index contributed by atoms with van der Waals surface area (Å²) in [6.45, 7) is 5.10. The summed E-state index contributed by atoms with van der Waals surface area (Å²) in [6, 6.07) is 29.3. The molecule has 0 aromatic heterocycles. The highest BCUT2D eigenvalue weighted by Gasteiger charge is 2.22. The lowest BCUT2D eigenvalue weighted by Crippen LogP contribution is -2.18. The quantitative estimate of drug-likeness (QED) is 0.597. The second-order valence-corrected chi connectivity index (χ2v) is 6.29. The molecular weight excluding hydrogens is 280 g/mol. The summed E-state index contributed by atoms with van der Waals surface area (Å²) in [4.78, 5) is 0. The summed E-state index contributed by atoms with van der Waals surface area (Å²) >= 11 is 0. The second-order valence-electron chi connectivity index (χ2n) is 6.29. The van der Waals surface area contributed by atoms with Gasteiger partial charge in [0, 0.05) is 5.41 Å². The average molecular weight is 302 g/mol. The maximum Gasteiger partial charge on any atom is 0.119 e. The smallest absolute Gasteiger partial charge is 0.119 e. The highest BCUT2D eigenvalue weighted by Crippen LogP contribution is 2.32. The molecule has 0 amide bonds. The fraction of sp³-hybridized carbons (Fsp3) is 0.182. The minimum atomic E-state index is -0.0147. The molecule has 0 aliphatic heterocycles. The van der Waals surface area contributed by atoms with Gasteiger partial charge < -0.3 is 4.74 Å². The maximum atomic E-state index is 5.87. The Bertz CT molecular complexity index is 728. The zero-order valence-corrected chi connectivity index (χ0v) is 13.7. The van der Waals surface area contributed by atoms with E-state index in [0.717, 1.165) is 5.75 Å². The number of hydrogen-bond acceptors (Lipinski definition) is 1. The van der Waals surface area contributed by atoms with E-state index in [2.05, 4.69) is 80.6 Å². The van der Waals surface area contributed by atoms with Gasteiger partial charge in [0.2, 0.25) is 0 Å². The van der Waals surface area contributed by atoms with E-state index in [1.165, 1.54) is 16.7 Å². The van der Waals surface area contributed by atoms with Crippen LogP contribution >= 0.6 is 0 Å². The van der Waals surface area contributed by atoms with E-state index >= 15 is 0 Å². The van der Waals surface area contributed by atoms with Gasteiger partial charge in [0.15, 0.2) is 0 Å². The Labute approximate surface area is 138 Å². The summed E-state index contributed by atoms with van der Waals surface area (Å²) in [6.07, 6.45) is 0. The normalized spacial score (nSPS) is 11.2. The Morgan fingerprint density at radius 1 is 0.652 bits per heavy atom. The number of ether oxygens (including phenoxy) is 1. The number of hydrogen-bond donors (Lipinski definition) is 0. The molecule has 0 aliphatic carbocycles. The Kier molecular flexibility index (Phi) is 4.47. The van der Waals surface area contributed by atoms with Crippen LogP contribution in [0.4, 0.5) is 0 Å². The predicted octanol–water partition coefficient (Wildman–Crippen LogP) is 5.59. The van der Waals surface area contributed by atoms with E-state index in [0.29, 0.717) is 6.61 Å². The molecule has 3 aromatic carbocycles. The topological polar surface area (TPSA) is 9.23 Å². The predicted molar refractivity (Wildman–Crippen MR) is 95.8 cm³/mol. The van der Waals surface area contributed by atoms with Crippen LogP contribution in [0.2, 0.25) is 0 Å². The summed E-state index contributed by atoms with van der Waals surface area (Å²) in [5.41, 5.74) is 3.77. The van der Waals surface area contributed by atoms with Crippen LogP contribution in [-0.4, -0.2) is 0 Å². The summed E-state index contributed by atoms with van der Waals surface area (Å²) in [7, 11) is 0. The molecule has 0 aliphatic rings. The first kappa shape index (κ1) is 15.4. The van der Waals surface area contributed by atoms with Gasteiger partial charge in [-0.05, 0) is 28.8 Å². The Morgan fingerprint density at radius 3 is 1.78 bits per heavy atom. The molecule has 0 fully saturated rings. The van der Waals surface area contributed by atoms with Gasteiger partial charge in [-0.15, -0.1) is 0 Å². The van der Waals surface area contributed by atoms with Crippen LogP contribution in [0, 0.1) is 0 Å². The molecule has 0 unspecified atom stereocenters. The Balaban J connectivity index is 1.72. The largest absolute Gasteiger partial charge is 0.489 e. The second kappa shape index (κ2) is 6.70. The standard InChI is InChI=1S/C22H22O/c1-22(2,19-11-7-4-8-12-19)20-13-15-21(16-14-20)23-17-18-9-5-3-6-10-18/h3-16H,17H2,1-2H3. The average Bonchev–Trinajstić information content (AvgIpc) is 2.62. The van der Waals surface area contributed by atoms with E-state index < -0.39 is 0 Å². The molecule has 3 rings (SSSR count). The van der Waals surface area contributed by atoms with E-state index in [-0.39, 0.29) is 5.41 Å². The van der Waals surface area contributed by atoms with Crippen molar-refractivity contribution < 1.29 is 4.74 Å². The molecule has 116 valence electrons. The van der Waals surface area contributed by atoms with Crippen molar-refractivity contribution in [2.75, 3.05) is 0 Å². The van der Waals surface area contributed by atoms with Crippen LogP contribution in [0.15, 0.2) is 84.9 Å². The Hall–Kier alpha value is -2.54. The van der Waals surface area contributed by atoms with Gasteiger partial charge in [0.25, 0.3) is 0 Å². The molecule has 0 heterocycles. The molecule has 3 aromatic rings. The molecule has 0 bridgehead atoms. The monoisotopic (exact) mass is 302 g/mol.